The molecule has 0 fully saturated rings. The van der Waals surface area contributed by atoms with E-state index in [1.165, 1.54) is 0 Å². The van der Waals surface area contributed by atoms with Crippen LogP contribution in [0.3, 0.4) is 0 Å². The van der Waals surface area contributed by atoms with Crippen molar-refractivity contribution in [3.8, 4) is 5.75 Å². The molecule has 0 saturated carbocycles. The smallest absolute Gasteiger partial charge is 0.271 e. The number of rotatable bonds is 10. The number of aldehydes is 1. The van der Waals surface area contributed by atoms with E-state index in [4.69, 9.17) is 15.2 Å². The Kier molecular flexibility index (Phi) is 7.28. The molecule has 9 nitrogen and oxygen atoms in total. The van der Waals surface area contributed by atoms with Crippen molar-refractivity contribution >= 4 is 23.8 Å². The fourth-order valence-electron chi connectivity index (χ4n) is 2.59. The topological polar surface area (TPSA) is 136 Å². The van der Waals surface area contributed by atoms with Gasteiger partial charge in [0.2, 0.25) is 5.91 Å². The first-order chi connectivity index (χ1) is 13.4. The lowest BCUT2D eigenvalue weighted by Crippen LogP contribution is -2.24. The van der Waals surface area contributed by atoms with Crippen molar-refractivity contribution in [2.45, 2.75) is 39.4 Å². The molecule has 0 spiro atoms. The standard InChI is InChI=1S/C19H24N4O5/c1-4-27-15(10-24)28-13-8-6-5-7-12(13)9-14(25)21-17-16(11(2)3)22-23-18(17)19(20)26/h5-8,10-11,15H,4,9H2,1-3H3,(H2,20,26)(H,21,25)(H,22,23). The lowest BCUT2D eigenvalue weighted by Gasteiger charge is -2.16. The number of benzene rings is 1. The molecule has 2 aromatic rings. The summed E-state index contributed by atoms with van der Waals surface area (Å²) < 4.78 is 10.7. The maximum Gasteiger partial charge on any atom is 0.271 e. The highest BCUT2D eigenvalue weighted by atomic mass is 16.7. The first kappa shape index (κ1) is 21.1. The molecule has 1 unspecified atom stereocenters. The van der Waals surface area contributed by atoms with Crippen LogP contribution in [0.1, 0.15) is 48.4 Å². The Bertz CT molecular complexity index is 847. The number of nitrogens with two attached hydrogens (primary N) is 1. The van der Waals surface area contributed by atoms with Gasteiger partial charge >= 0.3 is 0 Å². The van der Waals surface area contributed by atoms with E-state index < -0.39 is 12.2 Å². The van der Waals surface area contributed by atoms with Gasteiger partial charge in [0.15, 0.2) is 12.0 Å². The molecule has 1 atom stereocenters. The Morgan fingerprint density at radius 2 is 2.04 bits per heavy atom. The molecule has 4 N–H and O–H groups in total. The average molecular weight is 388 g/mol. The minimum absolute atomic E-state index is 0.00828. The van der Waals surface area contributed by atoms with Gasteiger partial charge in [-0.2, -0.15) is 5.10 Å². The summed E-state index contributed by atoms with van der Waals surface area (Å²) in [6.45, 7) is 5.84. The third kappa shape index (κ3) is 5.17. The number of para-hydroxylation sites is 1. The van der Waals surface area contributed by atoms with Crippen LogP contribution >= 0.6 is 0 Å². The number of carbonyl (C=O) groups excluding carboxylic acids is 3. The van der Waals surface area contributed by atoms with Gasteiger partial charge in [0.05, 0.1) is 17.8 Å². The third-order valence-electron chi connectivity index (χ3n) is 3.88. The van der Waals surface area contributed by atoms with Crippen LogP contribution in [0.15, 0.2) is 24.3 Å². The van der Waals surface area contributed by atoms with E-state index in [1.807, 2.05) is 13.8 Å². The Hall–Kier alpha value is -3.20. The van der Waals surface area contributed by atoms with Gasteiger partial charge in [-0.3, -0.25) is 19.5 Å². The molecule has 0 radical (unpaired) electrons. The Morgan fingerprint density at radius 3 is 2.64 bits per heavy atom. The van der Waals surface area contributed by atoms with Gasteiger partial charge in [-0.15, -0.1) is 0 Å². The van der Waals surface area contributed by atoms with E-state index in [0.29, 0.717) is 29.9 Å². The minimum atomic E-state index is -1.06. The SMILES string of the molecule is CCOC(C=O)Oc1ccccc1CC(=O)Nc1c(C(N)=O)n[nH]c1C(C)C. The van der Waals surface area contributed by atoms with Crippen LogP contribution in [0, 0.1) is 0 Å². The van der Waals surface area contributed by atoms with Crippen molar-refractivity contribution < 1.29 is 23.9 Å². The maximum atomic E-state index is 12.6. The highest BCUT2D eigenvalue weighted by Gasteiger charge is 2.22. The fourth-order valence-corrected chi connectivity index (χ4v) is 2.59. The lowest BCUT2D eigenvalue weighted by molar-refractivity contribution is -0.136. The summed E-state index contributed by atoms with van der Waals surface area (Å²) in [4.78, 5) is 35.3. The second-order valence-electron chi connectivity index (χ2n) is 6.29. The van der Waals surface area contributed by atoms with E-state index >= 15 is 0 Å². The molecule has 0 aliphatic carbocycles. The van der Waals surface area contributed by atoms with Gasteiger partial charge in [-0.1, -0.05) is 32.0 Å². The highest BCUT2D eigenvalue weighted by molar-refractivity contribution is 6.02. The number of amides is 2. The molecule has 2 amide bonds. The summed E-state index contributed by atoms with van der Waals surface area (Å²) >= 11 is 0. The van der Waals surface area contributed by atoms with Crippen molar-refractivity contribution in [1.29, 1.82) is 0 Å². The van der Waals surface area contributed by atoms with Gasteiger partial charge in [0.25, 0.3) is 12.2 Å². The van der Waals surface area contributed by atoms with Crippen molar-refractivity contribution in [2.24, 2.45) is 5.73 Å². The van der Waals surface area contributed by atoms with Crippen LogP contribution < -0.4 is 15.8 Å². The van der Waals surface area contributed by atoms with Crippen molar-refractivity contribution in [1.82, 2.24) is 10.2 Å². The first-order valence-electron chi connectivity index (χ1n) is 8.86. The van der Waals surface area contributed by atoms with E-state index in [9.17, 15) is 14.4 Å². The predicted octanol–water partition coefficient (Wildman–Crippen LogP) is 1.75. The van der Waals surface area contributed by atoms with Gasteiger partial charge in [0.1, 0.15) is 5.75 Å². The molecule has 150 valence electrons. The summed E-state index contributed by atoms with van der Waals surface area (Å²) in [5.74, 6) is -0.783. The number of nitrogens with one attached hydrogen (secondary N) is 2. The number of hydrogen-bond donors (Lipinski definition) is 3. The Labute approximate surface area is 162 Å². The minimum Gasteiger partial charge on any atom is -0.457 e. The van der Waals surface area contributed by atoms with Gasteiger partial charge in [0, 0.05) is 12.2 Å². The number of H-pyrrole nitrogens is 1. The quantitative estimate of drug-likeness (QED) is 0.419. The van der Waals surface area contributed by atoms with Crippen LogP contribution in [0.5, 0.6) is 5.75 Å². The van der Waals surface area contributed by atoms with Gasteiger partial charge in [-0.25, -0.2) is 0 Å². The number of aromatic nitrogens is 2. The molecule has 0 aliphatic rings. The summed E-state index contributed by atoms with van der Waals surface area (Å²) in [6, 6.07) is 6.82. The molecule has 0 aliphatic heterocycles. The average Bonchev–Trinajstić information content (AvgIpc) is 3.06. The number of aromatic amines is 1. The van der Waals surface area contributed by atoms with Crippen molar-refractivity contribution in [2.75, 3.05) is 11.9 Å². The fraction of sp³-hybridized carbons (Fsp3) is 0.368. The third-order valence-corrected chi connectivity index (χ3v) is 3.88. The van der Waals surface area contributed by atoms with E-state index in [2.05, 4.69) is 15.5 Å². The monoisotopic (exact) mass is 388 g/mol. The van der Waals surface area contributed by atoms with Crippen LogP contribution in [-0.2, 0) is 20.7 Å². The van der Waals surface area contributed by atoms with Gasteiger partial charge < -0.3 is 20.5 Å². The molecule has 2 rings (SSSR count). The molecular weight excluding hydrogens is 364 g/mol. The second-order valence-corrected chi connectivity index (χ2v) is 6.29. The Morgan fingerprint density at radius 1 is 1.32 bits per heavy atom. The first-order valence-corrected chi connectivity index (χ1v) is 8.86. The molecule has 0 saturated heterocycles. The van der Waals surface area contributed by atoms with Crippen LogP contribution in [-0.4, -0.2) is 41.2 Å². The molecule has 28 heavy (non-hydrogen) atoms. The van der Waals surface area contributed by atoms with Crippen LogP contribution in [0.25, 0.3) is 0 Å². The molecule has 1 heterocycles. The largest absolute Gasteiger partial charge is 0.457 e. The van der Waals surface area contributed by atoms with Crippen LogP contribution in [0.4, 0.5) is 5.69 Å². The number of nitrogens with zero attached hydrogens (tertiary/aromatic N) is 1. The number of ether oxygens (including phenoxy) is 2. The zero-order valence-corrected chi connectivity index (χ0v) is 16.0. The molecule has 1 aromatic heterocycles. The molecule has 9 heteroatoms. The number of primary amides is 1. The van der Waals surface area contributed by atoms with Gasteiger partial charge in [-0.05, 0) is 18.9 Å². The molecule has 1 aromatic carbocycles. The zero-order valence-electron chi connectivity index (χ0n) is 16.0. The maximum absolute atomic E-state index is 12.6. The van der Waals surface area contributed by atoms with E-state index in [-0.39, 0.29) is 29.6 Å². The summed E-state index contributed by atoms with van der Waals surface area (Å²) in [5, 5.41) is 9.33. The Balaban J connectivity index is 2.20. The summed E-state index contributed by atoms with van der Waals surface area (Å²) in [6.07, 6.45) is -0.564. The number of anilines is 1. The lowest BCUT2D eigenvalue weighted by atomic mass is 10.1. The summed E-state index contributed by atoms with van der Waals surface area (Å²) in [7, 11) is 0. The summed E-state index contributed by atoms with van der Waals surface area (Å²) in [5.41, 5.74) is 6.74. The number of hydrogen-bond acceptors (Lipinski definition) is 6. The van der Waals surface area contributed by atoms with E-state index in [0.717, 1.165) is 0 Å². The molecular formula is C19H24N4O5. The van der Waals surface area contributed by atoms with E-state index in [1.54, 1.807) is 31.2 Å². The van der Waals surface area contributed by atoms with Crippen LogP contribution in [0.2, 0.25) is 0 Å². The predicted molar refractivity (Wildman–Crippen MR) is 102 cm³/mol. The van der Waals surface area contributed by atoms with Crippen molar-refractivity contribution in [3.63, 3.8) is 0 Å². The second kappa shape index (κ2) is 9.65. The van der Waals surface area contributed by atoms with Crippen molar-refractivity contribution in [3.05, 3.63) is 41.2 Å². The molecule has 0 bridgehead atoms. The normalized spacial score (nSPS) is 11.9. The number of carbonyl (C=O) groups is 3. The zero-order chi connectivity index (χ0) is 20.7. The highest BCUT2D eigenvalue weighted by Crippen LogP contribution is 2.26.